The first-order valence-corrected chi connectivity index (χ1v) is 7.82. The van der Waals surface area contributed by atoms with Crippen LogP contribution in [0, 0.1) is 12.8 Å². The van der Waals surface area contributed by atoms with Crippen LogP contribution in [0.1, 0.15) is 29.2 Å². The van der Waals surface area contributed by atoms with Crippen molar-refractivity contribution >= 4 is 23.8 Å². The van der Waals surface area contributed by atoms with E-state index >= 15 is 0 Å². The number of carbonyl (C=O) groups is 2. The minimum atomic E-state index is -1.01. The van der Waals surface area contributed by atoms with Gasteiger partial charge < -0.3 is 14.6 Å². The summed E-state index contributed by atoms with van der Waals surface area (Å²) in [4.78, 5) is 26.3. The summed E-state index contributed by atoms with van der Waals surface area (Å²) < 4.78 is 10.6. The highest BCUT2D eigenvalue weighted by Crippen LogP contribution is 2.35. The first-order valence-electron chi connectivity index (χ1n) is 7.00. The Morgan fingerprint density at radius 1 is 1.39 bits per heavy atom. The van der Waals surface area contributed by atoms with Gasteiger partial charge in [-0.15, -0.1) is 11.3 Å². The Balaban J connectivity index is 2.36. The maximum Gasteiger partial charge on any atom is 0.347 e. The summed E-state index contributed by atoms with van der Waals surface area (Å²) in [5, 5.41) is 9.66. The van der Waals surface area contributed by atoms with E-state index in [9.17, 15) is 9.59 Å². The number of thiazole rings is 1. The molecule has 0 saturated heterocycles. The predicted molar refractivity (Wildman–Crippen MR) is 86.3 cm³/mol. The monoisotopic (exact) mass is 335 g/mol. The van der Waals surface area contributed by atoms with E-state index in [1.807, 2.05) is 13.8 Å². The zero-order chi connectivity index (χ0) is 17.0. The van der Waals surface area contributed by atoms with Gasteiger partial charge in [0.2, 0.25) is 0 Å². The van der Waals surface area contributed by atoms with Gasteiger partial charge in [0.05, 0.1) is 12.3 Å². The van der Waals surface area contributed by atoms with Gasteiger partial charge in [-0.3, -0.25) is 4.79 Å². The van der Waals surface area contributed by atoms with Crippen LogP contribution < -0.4 is 9.47 Å². The zero-order valence-electron chi connectivity index (χ0n) is 13.0. The van der Waals surface area contributed by atoms with Crippen molar-refractivity contribution in [1.82, 2.24) is 4.98 Å². The van der Waals surface area contributed by atoms with Crippen molar-refractivity contribution in [2.45, 2.75) is 20.8 Å². The summed E-state index contributed by atoms with van der Waals surface area (Å²) in [6.07, 6.45) is 0. The smallest absolute Gasteiger partial charge is 0.347 e. The molecule has 2 aromatic rings. The van der Waals surface area contributed by atoms with Crippen molar-refractivity contribution < 1.29 is 24.2 Å². The van der Waals surface area contributed by atoms with E-state index in [0.29, 0.717) is 41.0 Å². The van der Waals surface area contributed by atoms with Crippen molar-refractivity contribution in [3.63, 3.8) is 0 Å². The highest BCUT2D eigenvalue weighted by molar-refractivity contribution is 7.17. The summed E-state index contributed by atoms with van der Waals surface area (Å²) in [7, 11) is 0. The maximum atomic E-state index is 11.1. The van der Waals surface area contributed by atoms with Gasteiger partial charge in [-0.1, -0.05) is 13.8 Å². The third-order valence-corrected chi connectivity index (χ3v) is 4.12. The molecule has 0 saturated carbocycles. The van der Waals surface area contributed by atoms with Crippen LogP contribution in [0.2, 0.25) is 0 Å². The van der Waals surface area contributed by atoms with Crippen LogP contribution in [0.15, 0.2) is 18.2 Å². The molecule has 0 aliphatic rings. The summed E-state index contributed by atoms with van der Waals surface area (Å²) in [6.45, 7) is 6.50. The standard InChI is InChI=1S/C16H17NO5S/c1-9(2)7-21-12-5-4-11(6-13(12)22-8-18)15-17-10(3)14(23-15)16(19)20/h4-6,8-9H,7H2,1-3H3,(H,19,20). The molecule has 1 N–H and O–H groups in total. The number of hydrogen-bond acceptors (Lipinski definition) is 6. The normalized spacial score (nSPS) is 10.6. The summed E-state index contributed by atoms with van der Waals surface area (Å²) in [5.41, 5.74) is 1.12. The van der Waals surface area contributed by atoms with Crippen LogP contribution in [0.3, 0.4) is 0 Å². The SMILES string of the molecule is Cc1nc(-c2ccc(OCC(C)C)c(OC=O)c2)sc1C(=O)O. The maximum absolute atomic E-state index is 11.1. The van der Waals surface area contributed by atoms with E-state index in [2.05, 4.69) is 4.98 Å². The number of benzene rings is 1. The van der Waals surface area contributed by atoms with E-state index in [1.54, 1.807) is 25.1 Å². The number of aromatic nitrogens is 1. The number of rotatable bonds is 7. The zero-order valence-corrected chi connectivity index (χ0v) is 13.8. The average molecular weight is 335 g/mol. The number of ether oxygens (including phenoxy) is 2. The quantitative estimate of drug-likeness (QED) is 0.781. The van der Waals surface area contributed by atoms with Crippen molar-refractivity contribution in [2.24, 2.45) is 5.92 Å². The first kappa shape index (κ1) is 17.0. The topological polar surface area (TPSA) is 85.7 Å². The third-order valence-electron chi connectivity index (χ3n) is 2.93. The van der Waals surface area contributed by atoms with Crippen molar-refractivity contribution in [3.8, 4) is 22.1 Å². The van der Waals surface area contributed by atoms with Crippen LogP contribution in [0.5, 0.6) is 11.5 Å². The second-order valence-corrected chi connectivity index (χ2v) is 6.32. The Morgan fingerprint density at radius 3 is 2.70 bits per heavy atom. The van der Waals surface area contributed by atoms with E-state index in [1.165, 1.54) is 0 Å². The fourth-order valence-corrected chi connectivity index (χ4v) is 2.78. The van der Waals surface area contributed by atoms with Crippen LogP contribution in [0.25, 0.3) is 10.6 Å². The Labute approximate surface area is 137 Å². The largest absolute Gasteiger partial charge is 0.489 e. The number of aromatic carboxylic acids is 1. The molecule has 7 heteroatoms. The van der Waals surface area contributed by atoms with Crippen LogP contribution in [-0.4, -0.2) is 29.1 Å². The molecule has 0 aliphatic heterocycles. The molecule has 1 aromatic heterocycles. The van der Waals surface area contributed by atoms with Crippen molar-refractivity contribution in [1.29, 1.82) is 0 Å². The van der Waals surface area contributed by atoms with Gasteiger partial charge >= 0.3 is 5.97 Å². The second kappa shape index (κ2) is 7.23. The molecule has 0 aliphatic carbocycles. The number of nitrogens with zero attached hydrogens (tertiary/aromatic N) is 1. The lowest BCUT2D eigenvalue weighted by atomic mass is 10.2. The number of carboxylic acid groups (broad SMARTS) is 1. The molecule has 1 heterocycles. The number of carboxylic acids is 1. The Kier molecular flexibility index (Phi) is 5.33. The molecular formula is C16H17NO5S. The minimum Gasteiger partial charge on any atom is -0.489 e. The van der Waals surface area contributed by atoms with Gasteiger partial charge in [-0.2, -0.15) is 0 Å². The third kappa shape index (κ3) is 4.07. The summed E-state index contributed by atoms with van der Waals surface area (Å²) in [5.74, 6) is 0.0650. The number of aryl methyl sites for hydroxylation is 1. The van der Waals surface area contributed by atoms with Crippen LogP contribution in [-0.2, 0) is 4.79 Å². The molecule has 0 bridgehead atoms. The molecule has 6 nitrogen and oxygen atoms in total. The minimum absolute atomic E-state index is 0.193. The highest BCUT2D eigenvalue weighted by atomic mass is 32.1. The highest BCUT2D eigenvalue weighted by Gasteiger charge is 2.17. The molecule has 0 atom stereocenters. The lowest BCUT2D eigenvalue weighted by molar-refractivity contribution is -0.120. The van der Waals surface area contributed by atoms with Gasteiger partial charge in [-0.05, 0) is 31.0 Å². The fraction of sp³-hybridized carbons (Fsp3) is 0.312. The molecule has 2 rings (SSSR count). The predicted octanol–water partition coefficient (Wildman–Crippen LogP) is 3.39. The summed E-state index contributed by atoms with van der Waals surface area (Å²) >= 11 is 1.08. The second-order valence-electron chi connectivity index (χ2n) is 5.32. The van der Waals surface area contributed by atoms with Crippen LogP contribution in [0.4, 0.5) is 0 Å². The average Bonchev–Trinajstić information content (AvgIpc) is 2.88. The molecule has 0 unspecified atom stereocenters. The molecule has 0 amide bonds. The number of hydrogen-bond donors (Lipinski definition) is 1. The number of carbonyl (C=O) groups excluding carboxylic acids is 1. The van der Waals surface area contributed by atoms with E-state index in [0.717, 1.165) is 11.3 Å². The van der Waals surface area contributed by atoms with E-state index < -0.39 is 5.97 Å². The fourth-order valence-electron chi connectivity index (χ4n) is 1.88. The van der Waals surface area contributed by atoms with Gasteiger partial charge in [0.1, 0.15) is 9.88 Å². The molecular weight excluding hydrogens is 318 g/mol. The molecule has 0 radical (unpaired) electrons. The molecule has 0 spiro atoms. The summed E-state index contributed by atoms with van der Waals surface area (Å²) in [6, 6.07) is 5.07. The Bertz CT molecular complexity index is 723. The van der Waals surface area contributed by atoms with E-state index in [4.69, 9.17) is 14.6 Å². The van der Waals surface area contributed by atoms with Crippen molar-refractivity contribution in [2.75, 3.05) is 6.61 Å². The van der Waals surface area contributed by atoms with Gasteiger partial charge in [0.25, 0.3) is 6.47 Å². The van der Waals surface area contributed by atoms with Gasteiger partial charge in [0.15, 0.2) is 11.5 Å². The molecule has 122 valence electrons. The molecule has 0 fully saturated rings. The molecule has 23 heavy (non-hydrogen) atoms. The van der Waals surface area contributed by atoms with Gasteiger partial charge in [0, 0.05) is 5.56 Å². The Hall–Kier alpha value is -2.41. The van der Waals surface area contributed by atoms with Gasteiger partial charge in [-0.25, -0.2) is 9.78 Å². The Morgan fingerprint density at radius 2 is 2.13 bits per heavy atom. The molecule has 1 aromatic carbocycles. The van der Waals surface area contributed by atoms with E-state index in [-0.39, 0.29) is 10.6 Å². The first-order chi connectivity index (χ1) is 10.9. The van der Waals surface area contributed by atoms with Crippen LogP contribution >= 0.6 is 11.3 Å². The van der Waals surface area contributed by atoms with Crippen molar-refractivity contribution in [3.05, 3.63) is 28.8 Å². The lowest BCUT2D eigenvalue weighted by Crippen LogP contribution is -2.05. The lowest BCUT2D eigenvalue weighted by Gasteiger charge is -2.12.